The zero-order chi connectivity index (χ0) is 27.9. The van der Waals surface area contributed by atoms with Crippen LogP contribution >= 0.6 is 0 Å². The first-order valence-corrected chi connectivity index (χ1v) is 13.8. The molecule has 0 radical (unpaired) electrons. The van der Waals surface area contributed by atoms with Gasteiger partial charge in [0.2, 0.25) is 0 Å². The van der Waals surface area contributed by atoms with E-state index in [9.17, 15) is 15.0 Å². The molecule has 1 aliphatic carbocycles. The number of hydrogen-bond acceptors (Lipinski definition) is 7. The highest BCUT2D eigenvalue weighted by molar-refractivity contribution is 5.94. The number of carboxylic acids is 1. The number of nitrogens with two attached hydrogens (primary N) is 1. The number of carbonyl (C=O) groups is 1. The molecule has 38 heavy (non-hydrogen) atoms. The van der Waals surface area contributed by atoms with Crippen molar-refractivity contribution in [2.75, 3.05) is 52.8 Å². The van der Waals surface area contributed by atoms with Gasteiger partial charge in [-0.15, -0.1) is 0 Å². The molecule has 0 saturated carbocycles. The molecule has 2 atom stereocenters. The van der Waals surface area contributed by atoms with E-state index in [4.69, 9.17) is 24.7 Å². The van der Waals surface area contributed by atoms with Gasteiger partial charge in [-0.3, -0.25) is 0 Å². The van der Waals surface area contributed by atoms with E-state index in [1.807, 2.05) is 13.0 Å². The van der Waals surface area contributed by atoms with Crippen LogP contribution in [0.1, 0.15) is 80.3 Å². The second kappa shape index (κ2) is 17.2. The van der Waals surface area contributed by atoms with Crippen LogP contribution in [0, 0.1) is 5.92 Å². The maximum Gasteiger partial charge on any atom is 0.339 e. The predicted octanol–water partition coefficient (Wildman–Crippen LogP) is 5.23. The van der Waals surface area contributed by atoms with Gasteiger partial charge in [0, 0.05) is 18.0 Å². The van der Waals surface area contributed by atoms with E-state index in [0.717, 1.165) is 37.7 Å². The van der Waals surface area contributed by atoms with Gasteiger partial charge in [-0.1, -0.05) is 43.6 Å². The molecule has 214 valence electrons. The van der Waals surface area contributed by atoms with Gasteiger partial charge in [-0.25, -0.2) is 4.79 Å². The molecule has 0 spiro atoms. The number of rotatable bonds is 19. The van der Waals surface area contributed by atoms with Crippen LogP contribution in [0.4, 0.5) is 0 Å². The quantitative estimate of drug-likeness (QED) is 0.163. The molecule has 1 aromatic carbocycles. The fraction of sp³-hybridized carbons (Fsp3) is 0.633. The molecule has 0 aliphatic heterocycles. The first kappa shape index (κ1) is 31.8. The summed E-state index contributed by atoms with van der Waals surface area (Å²) in [7, 11) is 0. The number of allylic oxidation sites excluding steroid dienone is 3. The highest BCUT2D eigenvalue weighted by atomic mass is 16.6. The monoisotopic (exact) mass is 533 g/mol. The SMILES string of the molecule is C=C(C)C1CCC(C)=CC1c1c(OCCOCCOCCOCCN)cc(CCCCC)c(C(=O)O)c1O. The molecule has 1 aliphatic rings. The van der Waals surface area contributed by atoms with Crippen LogP contribution in [0.3, 0.4) is 0 Å². The third-order valence-electron chi connectivity index (χ3n) is 6.85. The van der Waals surface area contributed by atoms with Gasteiger partial charge in [-0.2, -0.15) is 0 Å². The van der Waals surface area contributed by atoms with Crippen LogP contribution in [0.25, 0.3) is 0 Å². The van der Waals surface area contributed by atoms with Crippen LogP contribution in [-0.4, -0.2) is 69.0 Å². The summed E-state index contributed by atoms with van der Waals surface area (Å²) < 4.78 is 22.6. The minimum Gasteiger partial charge on any atom is -0.507 e. The number of ether oxygens (including phenoxy) is 4. The van der Waals surface area contributed by atoms with Gasteiger partial charge in [-0.05, 0) is 57.1 Å². The number of benzene rings is 1. The minimum atomic E-state index is -1.12. The van der Waals surface area contributed by atoms with Crippen molar-refractivity contribution in [3.8, 4) is 11.5 Å². The zero-order valence-electron chi connectivity index (χ0n) is 23.4. The van der Waals surface area contributed by atoms with Crippen molar-refractivity contribution in [2.24, 2.45) is 11.7 Å². The Bertz CT molecular complexity index is 928. The van der Waals surface area contributed by atoms with Crippen molar-refractivity contribution in [1.82, 2.24) is 0 Å². The number of aromatic carboxylic acids is 1. The fourth-order valence-electron chi connectivity index (χ4n) is 4.90. The Morgan fingerprint density at radius 2 is 1.71 bits per heavy atom. The minimum absolute atomic E-state index is 0.0237. The van der Waals surface area contributed by atoms with Gasteiger partial charge in [0.1, 0.15) is 23.7 Å². The first-order valence-electron chi connectivity index (χ1n) is 13.8. The number of carboxylic acid groups (broad SMARTS) is 1. The summed E-state index contributed by atoms with van der Waals surface area (Å²) in [6, 6.07) is 1.81. The lowest BCUT2D eigenvalue weighted by atomic mass is 9.73. The zero-order valence-corrected chi connectivity index (χ0v) is 23.4. The molecule has 4 N–H and O–H groups in total. The summed E-state index contributed by atoms with van der Waals surface area (Å²) >= 11 is 0. The van der Waals surface area contributed by atoms with Crippen LogP contribution < -0.4 is 10.5 Å². The fourth-order valence-corrected chi connectivity index (χ4v) is 4.90. The molecular weight excluding hydrogens is 486 g/mol. The van der Waals surface area contributed by atoms with Crippen LogP contribution in [0.2, 0.25) is 0 Å². The second-order valence-electron chi connectivity index (χ2n) is 9.94. The van der Waals surface area contributed by atoms with E-state index in [1.54, 1.807) is 0 Å². The average molecular weight is 534 g/mol. The van der Waals surface area contributed by atoms with Crippen molar-refractivity contribution in [2.45, 2.75) is 65.2 Å². The van der Waals surface area contributed by atoms with E-state index in [1.165, 1.54) is 5.57 Å². The van der Waals surface area contributed by atoms with Gasteiger partial charge in [0.25, 0.3) is 0 Å². The molecule has 0 fully saturated rings. The molecule has 1 aromatic rings. The predicted molar refractivity (Wildman–Crippen MR) is 149 cm³/mol. The smallest absolute Gasteiger partial charge is 0.339 e. The van der Waals surface area contributed by atoms with Crippen molar-refractivity contribution in [3.05, 3.63) is 46.6 Å². The van der Waals surface area contributed by atoms with Gasteiger partial charge < -0.3 is 34.9 Å². The van der Waals surface area contributed by atoms with E-state index in [0.29, 0.717) is 69.5 Å². The third-order valence-corrected chi connectivity index (χ3v) is 6.85. The molecule has 0 saturated heterocycles. The Kier molecular flexibility index (Phi) is 14.4. The van der Waals surface area contributed by atoms with E-state index < -0.39 is 5.97 Å². The number of hydrogen-bond donors (Lipinski definition) is 3. The molecule has 0 aromatic heterocycles. The lowest BCUT2D eigenvalue weighted by Gasteiger charge is -2.32. The summed E-state index contributed by atoms with van der Waals surface area (Å²) in [5.74, 6) is -0.938. The summed E-state index contributed by atoms with van der Waals surface area (Å²) in [5, 5.41) is 21.5. The molecule has 2 rings (SSSR count). The molecule has 8 nitrogen and oxygen atoms in total. The third kappa shape index (κ3) is 9.73. The average Bonchev–Trinajstić information content (AvgIpc) is 2.87. The number of aryl methyl sites for hydroxylation is 1. The van der Waals surface area contributed by atoms with Gasteiger partial charge in [0.15, 0.2) is 0 Å². The van der Waals surface area contributed by atoms with Crippen molar-refractivity contribution in [3.63, 3.8) is 0 Å². The molecule has 0 bridgehead atoms. The Balaban J connectivity index is 2.20. The van der Waals surface area contributed by atoms with Crippen LogP contribution in [-0.2, 0) is 20.6 Å². The maximum absolute atomic E-state index is 12.3. The Hall–Kier alpha value is -2.39. The maximum atomic E-state index is 12.3. The second-order valence-corrected chi connectivity index (χ2v) is 9.94. The molecular formula is C30H47NO7. The van der Waals surface area contributed by atoms with E-state index >= 15 is 0 Å². The summed E-state index contributed by atoms with van der Waals surface area (Å²) in [4.78, 5) is 12.3. The summed E-state index contributed by atoms with van der Waals surface area (Å²) in [6.07, 6.45) is 7.36. The van der Waals surface area contributed by atoms with Gasteiger partial charge in [0.05, 0.1) is 39.6 Å². The standard InChI is InChI=1S/C30H47NO7/c1-5-6-7-8-23-20-26(38-18-17-37-16-15-36-14-13-35-12-11-31)28(29(32)27(23)30(33)34)25-19-22(4)9-10-24(25)21(2)3/h19-20,24-25,32H,2,5-18,31H2,1,3-4H3,(H,33,34). The lowest BCUT2D eigenvalue weighted by Crippen LogP contribution is -2.20. The van der Waals surface area contributed by atoms with E-state index in [-0.39, 0.29) is 29.8 Å². The molecule has 0 amide bonds. The largest absolute Gasteiger partial charge is 0.507 e. The van der Waals surface area contributed by atoms with Crippen molar-refractivity contribution < 1.29 is 34.0 Å². The molecule has 8 heteroatoms. The summed E-state index contributed by atoms with van der Waals surface area (Å²) in [6.45, 7) is 13.8. The van der Waals surface area contributed by atoms with Crippen LogP contribution in [0.5, 0.6) is 11.5 Å². The number of unbranched alkanes of at least 4 members (excludes halogenated alkanes) is 2. The highest BCUT2D eigenvalue weighted by Gasteiger charge is 2.33. The number of phenols is 1. The molecule has 2 unspecified atom stereocenters. The Morgan fingerprint density at radius 1 is 1.08 bits per heavy atom. The topological polar surface area (TPSA) is 120 Å². The Morgan fingerprint density at radius 3 is 2.29 bits per heavy atom. The van der Waals surface area contributed by atoms with Crippen molar-refractivity contribution >= 4 is 5.97 Å². The highest BCUT2D eigenvalue weighted by Crippen LogP contribution is 2.48. The van der Waals surface area contributed by atoms with Crippen molar-refractivity contribution in [1.29, 1.82) is 0 Å². The van der Waals surface area contributed by atoms with E-state index in [2.05, 4.69) is 26.5 Å². The van der Waals surface area contributed by atoms with Crippen LogP contribution in [0.15, 0.2) is 29.9 Å². The molecule has 0 heterocycles. The number of aromatic hydroxyl groups is 1. The lowest BCUT2D eigenvalue weighted by molar-refractivity contribution is 0.0105. The van der Waals surface area contributed by atoms with Gasteiger partial charge >= 0.3 is 5.97 Å². The normalized spacial score (nSPS) is 17.3. The summed E-state index contributed by atoms with van der Waals surface area (Å²) in [5.41, 5.74) is 8.68. The first-order chi connectivity index (χ1) is 18.3. The Labute approximate surface area is 227 Å².